The average Bonchev–Trinajstić information content (AvgIpc) is 3.23. The largest absolute Gasteiger partial charge is 0.481 e. The van der Waals surface area contributed by atoms with Crippen LogP contribution in [0.15, 0.2) is 61.1 Å². The molecule has 4 heterocycles. The van der Waals surface area contributed by atoms with E-state index in [1.807, 2.05) is 30.7 Å². The summed E-state index contributed by atoms with van der Waals surface area (Å²) < 4.78 is 18.8. The SMILES string of the molecule is COc1ccc(-c2c[nH]c3ncc(-c4ccc(CN5CCCC(F)C5)cc4)cc23)cn1. The second kappa shape index (κ2) is 8.47. The number of halogens is 1. The molecule has 31 heavy (non-hydrogen) atoms. The summed E-state index contributed by atoms with van der Waals surface area (Å²) in [6.45, 7) is 2.31. The Bertz CT molecular complexity index is 1170. The number of benzene rings is 1. The van der Waals surface area contributed by atoms with Gasteiger partial charge >= 0.3 is 0 Å². The number of methoxy groups -OCH3 is 1. The third kappa shape index (κ3) is 4.16. The lowest BCUT2D eigenvalue weighted by atomic mass is 10.0. The van der Waals surface area contributed by atoms with E-state index in [0.29, 0.717) is 18.8 Å². The van der Waals surface area contributed by atoms with E-state index in [1.54, 1.807) is 7.11 Å². The maximum atomic E-state index is 13.7. The Balaban J connectivity index is 1.39. The van der Waals surface area contributed by atoms with Gasteiger partial charge in [0.2, 0.25) is 5.88 Å². The van der Waals surface area contributed by atoms with Crippen LogP contribution in [0.2, 0.25) is 0 Å². The molecule has 4 aromatic rings. The minimum atomic E-state index is -0.692. The van der Waals surface area contributed by atoms with Crippen molar-refractivity contribution in [2.24, 2.45) is 0 Å². The molecule has 1 atom stereocenters. The summed E-state index contributed by atoms with van der Waals surface area (Å²) in [5.41, 5.74) is 6.29. The maximum Gasteiger partial charge on any atom is 0.212 e. The minimum absolute atomic E-state index is 0.540. The molecule has 1 saturated heterocycles. The fraction of sp³-hybridized carbons (Fsp3) is 0.280. The lowest BCUT2D eigenvalue weighted by Gasteiger charge is -2.28. The molecule has 3 aromatic heterocycles. The number of pyridine rings is 2. The van der Waals surface area contributed by atoms with Crippen molar-refractivity contribution in [2.45, 2.75) is 25.6 Å². The zero-order chi connectivity index (χ0) is 21.2. The van der Waals surface area contributed by atoms with Crippen LogP contribution in [-0.2, 0) is 6.54 Å². The van der Waals surface area contributed by atoms with Crippen molar-refractivity contribution in [1.29, 1.82) is 0 Å². The van der Waals surface area contributed by atoms with E-state index in [1.165, 1.54) is 5.56 Å². The monoisotopic (exact) mass is 416 g/mol. The summed E-state index contributed by atoms with van der Waals surface area (Å²) in [4.78, 5) is 14.4. The van der Waals surface area contributed by atoms with Crippen LogP contribution in [-0.4, -0.2) is 46.2 Å². The number of hydrogen-bond donors (Lipinski definition) is 1. The van der Waals surface area contributed by atoms with Crippen molar-refractivity contribution in [3.8, 4) is 28.1 Å². The number of nitrogens with one attached hydrogen (secondary N) is 1. The average molecular weight is 417 g/mol. The van der Waals surface area contributed by atoms with E-state index in [0.717, 1.165) is 52.8 Å². The highest BCUT2D eigenvalue weighted by molar-refractivity contribution is 5.95. The quantitative estimate of drug-likeness (QED) is 0.484. The zero-order valence-electron chi connectivity index (χ0n) is 17.5. The molecular formula is C25H25FN4O. The number of alkyl halides is 1. The minimum Gasteiger partial charge on any atom is -0.481 e. The van der Waals surface area contributed by atoms with Crippen LogP contribution in [0, 0.1) is 0 Å². The molecule has 5 nitrogen and oxygen atoms in total. The molecule has 0 spiro atoms. The van der Waals surface area contributed by atoms with E-state index in [9.17, 15) is 4.39 Å². The first kappa shape index (κ1) is 19.7. The molecule has 0 aliphatic carbocycles. The van der Waals surface area contributed by atoms with Crippen molar-refractivity contribution in [2.75, 3.05) is 20.2 Å². The van der Waals surface area contributed by atoms with E-state index >= 15 is 0 Å². The van der Waals surface area contributed by atoms with E-state index < -0.39 is 6.17 Å². The van der Waals surface area contributed by atoms with Crippen LogP contribution in [0.25, 0.3) is 33.3 Å². The molecule has 1 aliphatic rings. The summed E-state index contributed by atoms with van der Waals surface area (Å²) >= 11 is 0. The molecule has 0 saturated carbocycles. The molecule has 6 heteroatoms. The second-order valence-corrected chi connectivity index (χ2v) is 8.08. The van der Waals surface area contributed by atoms with Crippen molar-refractivity contribution in [3.05, 3.63) is 66.6 Å². The van der Waals surface area contributed by atoms with E-state index in [4.69, 9.17) is 4.74 Å². The number of piperidine rings is 1. The number of hydrogen-bond acceptors (Lipinski definition) is 4. The summed E-state index contributed by atoms with van der Waals surface area (Å²) in [6.07, 6.45) is 6.60. The smallest absolute Gasteiger partial charge is 0.212 e. The van der Waals surface area contributed by atoms with Crippen molar-refractivity contribution in [3.63, 3.8) is 0 Å². The number of aromatic amines is 1. The van der Waals surface area contributed by atoms with Crippen LogP contribution in [0.5, 0.6) is 5.88 Å². The van der Waals surface area contributed by atoms with Gasteiger partial charge in [-0.1, -0.05) is 24.3 Å². The van der Waals surface area contributed by atoms with Gasteiger partial charge in [0, 0.05) is 59.8 Å². The van der Waals surface area contributed by atoms with Crippen molar-refractivity contribution < 1.29 is 9.13 Å². The van der Waals surface area contributed by atoms with E-state index in [-0.39, 0.29) is 0 Å². The molecule has 1 unspecified atom stereocenters. The Morgan fingerprint density at radius 2 is 1.87 bits per heavy atom. The highest BCUT2D eigenvalue weighted by Crippen LogP contribution is 2.31. The first-order valence-electron chi connectivity index (χ1n) is 10.6. The van der Waals surface area contributed by atoms with Gasteiger partial charge in [0.25, 0.3) is 0 Å². The van der Waals surface area contributed by atoms with Gasteiger partial charge in [-0.25, -0.2) is 14.4 Å². The Kier molecular flexibility index (Phi) is 5.38. The Labute approximate surface area is 180 Å². The van der Waals surface area contributed by atoms with Gasteiger partial charge in [0.05, 0.1) is 7.11 Å². The van der Waals surface area contributed by atoms with Gasteiger partial charge in [-0.15, -0.1) is 0 Å². The highest BCUT2D eigenvalue weighted by Gasteiger charge is 2.19. The molecule has 1 N–H and O–H groups in total. The second-order valence-electron chi connectivity index (χ2n) is 8.08. The van der Waals surface area contributed by atoms with Gasteiger partial charge in [-0.05, 0) is 42.6 Å². The predicted octanol–water partition coefficient (Wildman–Crippen LogP) is 5.23. The fourth-order valence-corrected chi connectivity index (χ4v) is 4.26. The number of rotatable bonds is 5. The van der Waals surface area contributed by atoms with Crippen LogP contribution in [0.4, 0.5) is 4.39 Å². The molecule has 0 amide bonds. The highest BCUT2D eigenvalue weighted by atomic mass is 19.1. The lowest BCUT2D eigenvalue weighted by Crippen LogP contribution is -2.35. The lowest BCUT2D eigenvalue weighted by molar-refractivity contribution is 0.133. The number of H-pyrrole nitrogens is 1. The summed E-state index contributed by atoms with van der Waals surface area (Å²) in [7, 11) is 1.61. The predicted molar refractivity (Wildman–Crippen MR) is 121 cm³/mol. The number of fused-ring (bicyclic) bond motifs is 1. The molecule has 0 bridgehead atoms. The first-order valence-corrected chi connectivity index (χ1v) is 10.6. The number of nitrogens with zero attached hydrogens (tertiary/aromatic N) is 3. The van der Waals surface area contributed by atoms with Gasteiger partial charge < -0.3 is 9.72 Å². The van der Waals surface area contributed by atoms with Crippen LogP contribution in [0.1, 0.15) is 18.4 Å². The zero-order valence-corrected chi connectivity index (χ0v) is 17.5. The van der Waals surface area contributed by atoms with Crippen LogP contribution < -0.4 is 4.74 Å². The molecule has 158 valence electrons. The van der Waals surface area contributed by atoms with E-state index in [2.05, 4.69) is 50.2 Å². The molecule has 1 fully saturated rings. The molecule has 5 rings (SSSR count). The number of aromatic nitrogens is 3. The molecular weight excluding hydrogens is 391 g/mol. The maximum absolute atomic E-state index is 13.7. The van der Waals surface area contributed by atoms with Crippen LogP contribution in [0.3, 0.4) is 0 Å². The Morgan fingerprint density at radius 3 is 2.61 bits per heavy atom. The fourth-order valence-electron chi connectivity index (χ4n) is 4.26. The summed E-state index contributed by atoms with van der Waals surface area (Å²) in [5, 5.41) is 1.05. The third-order valence-corrected chi connectivity index (χ3v) is 5.93. The van der Waals surface area contributed by atoms with Gasteiger partial charge in [0.15, 0.2) is 0 Å². The standard InChI is InChI=1S/C25H25FN4O/c1-31-24-9-8-19(12-27-24)23-14-29-25-22(23)11-20(13-28-25)18-6-4-17(5-7-18)15-30-10-2-3-21(26)16-30/h4-9,11-14,21H,2-3,10,15-16H2,1H3,(H,28,29). The number of ether oxygens (including phenoxy) is 1. The topological polar surface area (TPSA) is 54.0 Å². The third-order valence-electron chi connectivity index (χ3n) is 5.93. The molecule has 1 aliphatic heterocycles. The van der Waals surface area contributed by atoms with Crippen molar-refractivity contribution in [1.82, 2.24) is 19.9 Å². The first-order chi connectivity index (χ1) is 15.2. The van der Waals surface area contributed by atoms with Crippen LogP contribution >= 0.6 is 0 Å². The molecule has 1 aromatic carbocycles. The number of likely N-dealkylation sites (tertiary alicyclic amines) is 1. The van der Waals surface area contributed by atoms with Crippen molar-refractivity contribution >= 4 is 11.0 Å². The summed E-state index contributed by atoms with van der Waals surface area (Å²) in [5.74, 6) is 0.592. The van der Waals surface area contributed by atoms with Gasteiger partial charge in [-0.3, -0.25) is 4.90 Å². The molecule has 0 radical (unpaired) electrons. The van der Waals surface area contributed by atoms with Gasteiger partial charge in [-0.2, -0.15) is 0 Å². The Hall–Kier alpha value is -3.25. The Morgan fingerprint density at radius 1 is 1.06 bits per heavy atom. The normalized spacial score (nSPS) is 17.2. The summed E-state index contributed by atoms with van der Waals surface area (Å²) in [6, 6.07) is 14.5. The van der Waals surface area contributed by atoms with Gasteiger partial charge in [0.1, 0.15) is 11.8 Å².